The Morgan fingerprint density at radius 3 is 2.72 bits per heavy atom. The van der Waals surface area contributed by atoms with E-state index in [9.17, 15) is 4.79 Å². The fourth-order valence-corrected chi connectivity index (χ4v) is 2.74. The minimum Gasteiger partial charge on any atom is -0.354 e. The molecular weight excluding hydrogens is 246 g/mol. The zero-order valence-electron chi connectivity index (χ0n) is 9.75. The van der Waals surface area contributed by atoms with Gasteiger partial charge in [-0.1, -0.05) is 41.7 Å². The van der Waals surface area contributed by atoms with Crippen LogP contribution in [0.2, 0.25) is 0 Å². The van der Waals surface area contributed by atoms with Crippen molar-refractivity contribution in [3.63, 3.8) is 0 Å². The largest absolute Gasteiger partial charge is 0.354 e. The van der Waals surface area contributed by atoms with Crippen molar-refractivity contribution in [1.29, 1.82) is 0 Å². The minimum atomic E-state index is -0.160. The molecule has 1 N–H and O–H groups in total. The summed E-state index contributed by atoms with van der Waals surface area (Å²) >= 11 is 1.57. The molecule has 0 spiro atoms. The van der Waals surface area contributed by atoms with Gasteiger partial charge in [0.25, 0.3) is 5.91 Å². The van der Waals surface area contributed by atoms with Crippen LogP contribution in [0.1, 0.15) is 10.5 Å². The lowest BCUT2D eigenvalue weighted by Gasteiger charge is -1.94. The van der Waals surface area contributed by atoms with E-state index in [2.05, 4.69) is 22.4 Å². The Morgan fingerprint density at radius 2 is 2.06 bits per heavy atom. The van der Waals surface area contributed by atoms with E-state index in [1.165, 1.54) is 0 Å². The Labute approximate surface area is 108 Å². The third-order valence-electron chi connectivity index (χ3n) is 2.67. The lowest BCUT2D eigenvalue weighted by atomic mass is 10.2. The Kier molecular flexibility index (Phi) is 2.60. The fraction of sp³-hybridized carbons (Fsp3) is 0.0769. The first-order chi connectivity index (χ1) is 8.78. The third-order valence-corrected chi connectivity index (χ3v) is 3.72. The van der Waals surface area contributed by atoms with Crippen LogP contribution in [0.5, 0.6) is 0 Å². The second-order valence-corrected chi connectivity index (χ2v) is 4.87. The van der Waals surface area contributed by atoms with Gasteiger partial charge in [-0.3, -0.25) is 9.20 Å². The van der Waals surface area contributed by atoms with E-state index >= 15 is 0 Å². The highest BCUT2D eigenvalue weighted by Gasteiger charge is 2.11. The molecule has 90 valence electrons. The predicted molar refractivity (Wildman–Crippen MR) is 71.9 cm³/mol. The molecule has 0 atom stereocenters. The number of nitrogens with zero attached hydrogens (tertiary/aromatic N) is 2. The lowest BCUT2D eigenvalue weighted by molar-refractivity contribution is 0.0959. The van der Waals surface area contributed by atoms with E-state index in [-0.39, 0.29) is 5.91 Å². The summed E-state index contributed by atoms with van der Waals surface area (Å²) in [5, 5.41) is 2.57. The Hall–Kier alpha value is -2.14. The normalized spacial score (nSPS) is 10.7. The molecule has 3 rings (SSSR count). The van der Waals surface area contributed by atoms with Crippen molar-refractivity contribution < 1.29 is 4.79 Å². The zero-order chi connectivity index (χ0) is 12.5. The van der Waals surface area contributed by atoms with Crippen molar-refractivity contribution in [2.24, 2.45) is 0 Å². The van der Waals surface area contributed by atoms with Gasteiger partial charge < -0.3 is 5.32 Å². The van der Waals surface area contributed by atoms with E-state index in [4.69, 9.17) is 0 Å². The summed E-state index contributed by atoms with van der Waals surface area (Å²) in [6.45, 7) is 0. The van der Waals surface area contributed by atoms with Gasteiger partial charge in [-0.25, -0.2) is 4.98 Å². The first-order valence-electron chi connectivity index (χ1n) is 5.54. The monoisotopic (exact) mass is 257 g/mol. The summed E-state index contributed by atoms with van der Waals surface area (Å²) < 4.78 is 1.89. The molecule has 0 fully saturated rings. The molecule has 4 nitrogen and oxygen atoms in total. The lowest BCUT2D eigenvalue weighted by Crippen LogP contribution is -2.17. The number of imidazole rings is 1. The van der Waals surface area contributed by atoms with E-state index in [1.54, 1.807) is 24.6 Å². The first-order valence-corrected chi connectivity index (χ1v) is 6.35. The second-order valence-electron chi connectivity index (χ2n) is 3.86. The minimum absolute atomic E-state index is 0.160. The van der Waals surface area contributed by atoms with Crippen LogP contribution in [-0.2, 0) is 0 Å². The van der Waals surface area contributed by atoms with Gasteiger partial charge in [-0.15, -0.1) is 0 Å². The van der Waals surface area contributed by atoms with Gasteiger partial charge in [0, 0.05) is 19.4 Å². The molecule has 1 aromatic carbocycles. The molecule has 1 amide bonds. The van der Waals surface area contributed by atoms with Crippen molar-refractivity contribution in [2.75, 3.05) is 7.05 Å². The highest BCUT2D eigenvalue weighted by atomic mass is 32.1. The standard InChI is InChI=1S/C13H11N3OS/c1-14-12(17)10-7-16-8-11(18-13(16)15-10)9-5-3-2-4-6-9/h2-8H,1H3,(H,14,17). The Balaban J connectivity index is 2.04. The molecule has 0 unspecified atom stereocenters. The number of thiazole rings is 1. The molecule has 0 saturated heterocycles. The van der Waals surface area contributed by atoms with Gasteiger partial charge in [-0.05, 0) is 5.56 Å². The molecule has 3 aromatic rings. The van der Waals surface area contributed by atoms with Crippen LogP contribution >= 0.6 is 11.3 Å². The molecule has 2 heterocycles. The third kappa shape index (κ3) is 1.78. The maximum absolute atomic E-state index is 11.5. The number of fused-ring (bicyclic) bond motifs is 1. The molecule has 0 aliphatic heterocycles. The average molecular weight is 257 g/mol. The zero-order valence-corrected chi connectivity index (χ0v) is 10.6. The van der Waals surface area contributed by atoms with Crippen LogP contribution in [0.3, 0.4) is 0 Å². The number of hydrogen-bond donors (Lipinski definition) is 1. The summed E-state index contributed by atoms with van der Waals surface area (Å²) in [5.74, 6) is -0.160. The van der Waals surface area contributed by atoms with Crippen molar-refractivity contribution >= 4 is 22.2 Å². The van der Waals surface area contributed by atoms with Crippen LogP contribution in [0.25, 0.3) is 15.4 Å². The van der Waals surface area contributed by atoms with Crippen LogP contribution in [0, 0.1) is 0 Å². The van der Waals surface area contributed by atoms with E-state index in [1.807, 2.05) is 28.8 Å². The Bertz CT molecular complexity index is 668. The van der Waals surface area contributed by atoms with Gasteiger partial charge in [0.15, 0.2) is 4.96 Å². The number of hydrogen-bond acceptors (Lipinski definition) is 3. The van der Waals surface area contributed by atoms with Crippen molar-refractivity contribution in [1.82, 2.24) is 14.7 Å². The number of amides is 1. The molecule has 0 radical (unpaired) electrons. The SMILES string of the molecule is CNC(=O)c1cn2cc(-c3ccccc3)sc2n1. The van der Waals surface area contributed by atoms with Crippen LogP contribution in [-0.4, -0.2) is 22.3 Å². The summed E-state index contributed by atoms with van der Waals surface area (Å²) in [6, 6.07) is 10.1. The van der Waals surface area contributed by atoms with Crippen LogP contribution in [0.4, 0.5) is 0 Å². The van der Waals surface area contributed by atoms with Gasteiger partial charge >= 0.3 is 0 Å². The topological polar surface area (TPSA) is 46.4 Å². The number of rotatable bonds is 2. The van der Waals surface area contributed by atoms with Gasteiger partial charge in [0.1, 0.15) is 5.69 Å². The Morgan fingerprint density at radius 1 is 1.28 bits per heavy atom. The highest BCUT2D eigenvalue weighted by molar-refractivity contribution is 7.20. The van der Waals surface area contributed by atoms with Gasteiger partial charge in [0.2, 0.25) is 0 Å². The van der Waals surface area contributed by atoms with E-state index < -0.39 is 0 Å². The average Bonchev–Trinajstić information content (AvgIpc) is 2.97. The molecular formula is C13H11N3OS. The smallest absolute Gasteiger partial charge is 0.271 e. The van der Waals surface area contributed by atoms with E-state index in [0.29, 0.717) is 5.69 Å². The summed E-state index contributed by atoms with van der Waals surface area (Å²) in [5.41, 5.74) is 1.61. The fourth-order valence-electron chi connectivity index (χ4n) is 1.77. The summed E-state index contributed by atoms with van der Waals surface area (Å²) in [7, 11) is 1.60. The van der Waals surface area contributed by atoms with Gasteiger partial charge in [0.05, 0.1) is 4.88 Å². The molecule has 0 saturated carbocycles. The number of carbonyl (C=O) groups is 1. The maximum Gasteiger partial charge on any atom is 0.271 e. The van der Waals surface area contributed by atoms with E-state index in [0.717, 1.165) is 15.4 Å². The predicted octanol–water partition coefficient (Wildman–Crippen LogP) is 2.42. The molecule has 0 bridgehead atoms. The quantitative estimate of drug-likeness (QED) is 0.766. The number of nitrogens with one attached hydrogen (secondary N) is 1. The molecule has 0 aliphatic rings. The first kappa shape index (κ1) is 11.0. The second kappa shape index (κ2) is 4.27. The molecule has 5 heteroatoms. The summed E-state index contributed by atoms with van der Waals surface area (Å²) in [4.78, 5) is 17.7. The number of carbonyl (C=O) groups excluding carboxylic acids is 1. The van der Waals surface area contributed by atoms with Crippen LogP contribution in [0.15, 0.2) is 42.7 Å². The molecule has 2 aromatic heterocycles. The highest BCUT2D eigenvalue weighted by Crippen LogP contribution is 2.28. The maximum atomic E-state index is 11.5. The van der Waals surface area contributed by atoms with Gasteiger partial charge in [-0.2, -0.15) is 0 Å². The van der Waals surface area contributed by atoms with Crippen molar-refractivity contribution in [3.8, 4) is 10.4 Å². The molecule has 18 heavy (non-hydrogen) atoms. The number of benzene rings is 1. The van der Waals surface area contributed by atoms with Crippen molar-refractivity contribution in [2.45, 2.75) is 0 Å². The molecule has 0 aliphatic carbocycles. The summed E-state index contributed by atoms with van der Waals surface area (Å²) in [6.07, 6.45) is 3.74. The van der Waals surface area contributed by atoms with Crippen molar-refractivity contribution in [3.05, 3.63) is 48.4 Å². The number of aromatic nitrogens is 2. The van der Waals surface area contributed by atoms with Crippen LogP contribution < -0.4 is 5.32 Å².